The summed E-state index contributed by atoms with van der Waals surface area (Å²) in [7, 11) is 0. The molecule has 1 aliphatic heterocycles. The van der Waals surface area contributed by atoms with Gasteiger partial charge in [0.1, 0.15) is 11.4 Å². The van der Waals surface area contributed by atoms with Crippen molar-refractivity contribution >= 4 is 89.9 Å². The van der Waals surface area contributed by atoms with E-state index in [2.05, 4.69) is 63.5 Å². The largest absolute Gasteiger partial charge is 0.339 e. The summed E-state index contributed by atoms with van der Waals surface area (Å²) in [6.07, 6.45) is 0. The first-order valence-corrected chi connectivity index (χ1v) is 14.0. The van der Waals surface area contributed by atoms with Gasteiger partial charge in [0.25, 0.3) is 0 Å². The van der Waals surface area contributed by atoms with E-state index in [1.165, 1.54) is 0 Å². The van der Waals surface area contributed by atoms with Crippen molar-refractivity contribution in [2.24, 2.45) is 10.2 Å². The molecule has 12 heteroatoms. The van der Waals surface area contributed by atoms with E-state index in [-0.39, 0.29) is 0 Å². The zero-order valence-electron chi connectivity index (χ0n) is 20.3. The molecule has 5 rings (SSSR count). The highest BCUT2D eigenvalue weighted by atomic mass is 79.9. The molecule has 1 aliphatic rings. The number of hydrogen-bond donors (Lipinski definition) is 4. The fourth-order valence-corrected chi connectivity index (χ4v) is 5.17. The number of carbonyl (C=O) groups excluding carboxylic acids is 2. The second-order valence-corrected chi connectivity index (χ2v) is 11.0. The van der Waals surface area contributed by atoms with Crippen molar-refractivity contribution in [2.45, 2.75) is 0 Å². The molecule has 0 spiro atoms. The van der Waals surface area contributed by atoms with Crippen LogP contribution < -0.4 is 21.5 Å². The molecule has 0 fully saturated rings. The number of nitrogens with one attached hydrogen (secondary N) is 4. The number of anilines is 2. The van der Waals surface area contributed by atoms with Crippen LogP contribution in [0.4, 0.5) is 21.0 Å². The molecule has 200 valence electrons. The van der Waals surface area contributed by atoms with Gasteiger partial charge in [0.2, 0.25) is 0 Å². The molecule has 0 bridgehead atoms. The van der Waals surface area contributed by atoms with Crippen LogP contribution in [0, 0.1) is 0 Å². The number of carbonyl (C=O) groups is 2. The molecular formula is C28H18Br2Cl2N6O2. The summed E-state index contributed by atoms with van der Waals surface area (Å²) in [5, 5.41) is 15.3. The van der Waals surface area contributed by atoms with Crippen molar-refractivity contribution in [1.82, 2.24) is 10.9 Å². The van der Waals surface area contributed by atoms with Crippen molar-refractivity contribution in [1.29, 1.82) is 0 Å². The minimum absolute atomic E-state index is 0.325. The van der Waals surface area contributed by atoms with Gasteiger partial charge in [-0.25, -0.2) is 20.4 Å². The van der Waals surface area contributed by atoms with Crippen molar-refractivity contribution in [2.75, 3.05) is 10.6 Å². The third kappa shape index (κ3) is 6.20. The Hall–Kier alpha value is -3.70. The fraction of sp³-hybridized carbons (Fsp3) is 0. The van der Waals surface area contributed by atoms with Gasteiger partial charge in [-0.3, -0.25) is 0 Å². The molecule has 4 amide bonds. The predicted octanol–water partition coefficient (Wildman–Crippen LogP) is 7.98. The number of fused-ring (bicyclic) bond motifs is 2. The van der Waals surface area contributed by atoms with Gasteiger partial charge >= 0.3 is 12.1 Å². The second-order valence-electron chi connectivity index (χ2n) is 8.39. The average Bonchev–Trinajstić information content (AvgIpc) is 2.93. The van der Waals surface area contributed by atoms with Gasteiger partial charge in [-0.2, -0.15) is 10.2 Å². The Morgan fingerprint density at radius 2 is 0.950 bits per heavy atom. The predicted molar refractivity (Wildman–Crippen MR) is 167 cm³/mol. The quantitative estimate of drug-likeness (QED) is 0.170. The summed E-state index contributed by atoms with van der Waals surface area (Å²) in [5.74, 6) is 0. The van der Waals surface area contributed by atoms with Gasteiger partial charge in [0.15, 0.2) is 0 Å². The Balaban J connectivity index is 1.69. The topological polar surface area (TPSA) is 107 Å². The van der Waals surface area contributed by atoms with Crippen LogP contribution in [0.1, 0.15) is 22.3 Å². The number of rotatable bonds is 2. The van der Waals surface area contributed by atoms with Gasteiger partial charge in [0.05, 0.1) is 21.4 Å². The van der Waals surface area contributed by atoms with E-state index in [1.807, 2.05) is 0 Å². The van der Waals surface area contributed by atoms with Crippen LogP contribution in [0.3, 0.4) is 0 Å². The smallest absolute Gasteiger partial charge is 0.306 e. The third-order valence-corrected chi connectivity index (χ3v) is 7.41. The van der Waals surface area contributed by atoms with Crippen LogP contribution >= 0.6 is 55.1 Å². The van der Waals surface area contributed by atoms with E-state index in [0.29, 0.717) is 55.1 Å². The average molecular weight is 701 g/mol. The maximum Gasteiger partial charge on any atom is 0.339 e. The number of amides is 4. The molecular weight excluding hydrogens is 683 g/mol. The summed E-state index contributed by atoms with van der Waals surface area (Å²) in [6, 6.07) is 23.3. The standard InChI is InChI=1S/C28H18Br2Cl2N6O2/c29-15-9-11-23-19(13-15)25(17-5-1-3-7-21(17)31)35-37-27(39)34-24-12-10-16(30)14-20(24)26(36-38-28(40)33-23)18-6-2-4-8-22(18)32/h1-14H,(H2,34,37,39)(H2,33,38,40)/b35-25+,36-26+. The van der Waals surface area contributed by atoms with Crippen LogP contribution in [-0.2, 0) is 0 Å². The normalized spacial score (nSPS) is 16.3. The number of urea groups is 2. The summed E-state index contributed by atoms with van der Waals surface area (Å²) >= 11 is 20.0. The van der Waals surface area contributed by atoms with E-state index in [9.17, 15) is 9.59 Å². The zero-order valence-corrected chi connectivity index (χ0v) is 25.0. The lowest BCUT2D eigenvalue weighted by molar-refractivity contribution is 0.251. The Kier molecular flexibility index (Phi) is 8.51. The summed E-state index contributed by atoms with van der Waals surface area (Å²) in [6.45, 7) is 0. The van der Waals surface area contributed by atoms with E-state index >= 15 is 0 Å². The van der Waals surface area contributed by atoms with Crippen LogP contribution in [0.25, 0.3) is 0 Å². The Morgan fingerprint density at radius 1 is 0.550 bits per heavy atom. The molecule has 4 N–H and O–H groups in total. The van der Waals surface area contributed by atoms with Crippen LogP contribution in [0.5, 0.6) is 0 Å². The van der Waals surface area contributed by atoms with Crippen molar-refractivity contribution < 1.29 is 9.59 Å². The lowest BCUT2D eigenvalue weighted by Crippen LogP contribution is -2.30. The SMILES string of the molecule is O=C1N/N=C(\c2ccccc2Cl)c2cc(Br)ccc2NC(=O)N/N=C(\c2ccccc2Cl)c2cc(Br)ccc2N1. The second kappa shape index (κ2) is 12.2. The number of halogens is 4. The molecule has 4 aromatic rings. The lowest BCUT2D eigenvalue weighted by atomic mass is 10.0. The van der Waals surface area contributed by atoms with Crippen LogP contribution in [0.2, 0.25) is 10.0 Å². The molecule has 0 aromatic heterocycles. The molecule has 4 aromatic carbocycles. The molecule has 0 atom stereocenters. The highest BCUT2D eigenvalue weighted by Gasteiger charge is 2.21. The number of hydrazone groups is 2. The van der Waals surface area contributed by atoms with E-state index in [0.717, 1.165) is 8.95 Å². The van der Waals surface area contributed by atoms with E-state index in [1.54, 1.807) is 84.9 Å². The number of benzene rings is 4. The van der Waals surface area contributed by atoms with E-state index < -0.39 is 12.1 Å². The maximum absolute atomic E-state index is 13.2. The van der Waals surface area contributed by atoms with Gasteiger partial charge < -0.3 is 10.6 Å². The van der Waals surface area contributed by atoms with Gasteiger partial charge in [-0.05, 0) is 48.5 Å². The summed E-state index contributed by atoms with van der Waals surface area (Å²) < 4.78 is 1.44. The molecule has 0 radical (unpaired) electrons. The summed E-state index contributed by atoms with van der Waals surface area (Å²) in [4.78, 5) is 26.3. The van der Waals surface area contributed by atoms with Crippen LogP contribution in [0.15, 0.2) is 104 Å². The van der Waals surface area contributed by atoms with Crippen molar-refractivity contribution in [3.63, 3.8) is 0 Å². The molecule has 0 saturated heterocycles. The minimum atomic E-state index is -0.614. The Bertz CT molecular complexity index is 1590. The number of hydrogen-bond acceptors (Lipinski definition) is 4. The monoisotopic (exact) mass is 698 g/mol. The first-order valence-electron chi connectivity index (χ1n) is 11.7. The molecule has 0 unspecified atom stereocenters. The fourth-order valence-electron chi connectivity index (χ4n) is 3.99. The van der Waals surface area contributed by atoms with Gasteiger partial charge in [-0.15, -0.1) is 0 Å². The minimum Gasteiger partial charge on any atom is -0.306 e. The van der Waals surface area contributed by atoms with Gasteiger partial charge in [0, 0.05) is 31.2 Å². The highest BCUT2D eigenvalue weighted by Crippen LogP contribution is 2.29. The molecule has 1 heterocycles. The molecule has 0 saturated carbocycles. The Morgan fingerprint density at radius 3 is 1.35 bits per heavy atom. The van der Waals surface area contributed by atoms with Crippen LogP contribution in [-0.4, -0.2) is 23.5 Å². The van der Waals surface area contributed by atoms with Crippen molar-refractivity contribution in [3.8, 4) is 0 Å². The molecule has 0 aliphatic carbocycles. The van der Waals surface area contributed by atoms with Crippen molar-refractivity contribution in [3.05, 3.63) is 126 Å². The Labute approximate surface area is 256 Å². The molecule has 8 nitrogen and oxygen atoms in total. The molecule has 40 heavy (non-hydrogen) atoms. The van der Waals surface area contributed by atoms with Gasteiger partial charge in [-0.1, -0.05) is 91.5 Å². The third-order valence-electron chi connectivity index (χ3n) is 5.77. The lowest BCUT2D eigenvalue weighted by Gasteiger charge is -2.18. The summed E-state index contributed by atoms with van der Waals surface area (Å²) in [5.41, 5.74) is 8.65. The van der Waals surface area contributed by atoms with E-state index in [4.69, 9.17) is 23.2 Å². The zero-order chi connectivity index (χ0) is 28.2. The maximum atomic E-state index is 13.2. The first kappa shape index (κ1) is 27.9. The first-order chi connectivity index (χ1) is 19.3. The highest BCUT2D eigenvalue weighted by molar-refractivity contribution is 9.10. The number of nitrogens with zero attached hydrogens (tertiary/aromatic N) is 2.